The van der Waals surface area contributed by atoms with Crippen molar-refractivity contribution in [1.82, 2.24) is 0 Å². The Kier molecular flexibility index (Phi) is 3.30. The molecule has 11 heavy (non-hydrogen) atoms. The highest BCUT2D eigenvalue weighted by Crippen LogP contribution is 2.26. The van der Waals surface area contributed by atoms with Crippen LogP contribution < -0.4 is 17.2 Å². The third-order valence-electron chi connectivity index (χ3n) is 2.61. The Morgan fingerprint density at radius 1 is 0.909 bits per heavy atom. The largest absolute Gasteiger partial charge is 0.330 e. The maximum Gasteiger partial charge on any atom is 0.00450 e. The van der Waals surface area contributed by atoms with Gasteiger partial charge in [0, 0.05) is 6.04 Å². The predicted molar refractivity (Wildman–Crippen MR) is 46.9 cm³/mol. The standard InChI is InChI=1S/C8H19N3/c9-4-6-1-7(5-10)3-8(11)2-6/h6-8H,1-5,9-11H2. The van der Waals surface area contributed by atoms with E-state index in [1.165, 1.54) is 6.42 Å². The van der Waals surface area contributed by atoms with Crippen molar-refractivity contribution < 1.29 is 0 Å². The van der Waals surface area contributed by atoms with Gasteiger partial charge in [0.05, 0.1) is 0 Å². The van der Waals surface area contributed by atoms with Crippen LogP contribution in [-0.2, 0) is 0 Å². The van der Waals surface area contributed by atoms with Crippen molar-refractivity contribution in [2.24, 2.45) is 29.0 Å². The van der Waals surface area contributed by atoms with Crippen molar-refractivity contribution in [3.63, 3.8) is 0 Å². The molecule has 2 unspecified atom stereocenters. The zero-order valence-corrected chi connectivity index (χ0v) is 7.00. The van der Waals surface area contributed by atoms with Gasteiger partial charge in [-0.3, -0.25) is 0 Å². The van der Waals surface area contributed by atoms with Gasteiger partial charge in [-0.2, -0.15) is 0 Å². The number of rotatable bonds is 2. The second-order valence-corrected chi connectivity index (χ2v) is 3.67. The van der Waals surface area contributed by atoms with Gasteiger partial charge in [-0.15, -0.1) is 0 Å². The first-order chi connectivity index (χ1) is 5.26. The van der Waals surface area contributed by atoms with Crippen molar-refractivity contribution in [2.45, 2.75) is 25.3 Å². The fourth-order valence-corrected chi connectivity index (χ4v) is 2.00. The Morgan fingerprint density at radius 3 is 1.73 bits per heavy atom. The maximum absolute atomic E-state index is 5.86. The summed E-state index contributed by atoms with van der Waals surface area (Å²) in [7, 11) is 0. The van der Waals surface area contributed by atoms with E-state index in [0.29, 0.717) is 17.9 Å². The van der Waals surface area contributed by atoms with Crippen molar-refractivity contribution >= 4 is 0 Å². The zero-order valence-electron chi connectivity index (χ0n) is 7.00. The molecule has 2 atom stereocenters. The minimum Gasteiger partial charge on any atom is -0.330 e. The Hall–Kier alpha value is -0.120. The topological polar surface area (TPSA) is 78.1 Å². The fraction of sp³-hybridized carbons (Fsp3) is 1.00. The molecule has 3 heteroatoms. The quantitative estimate of drug-likeness (QED) is 0.512. The second-order valence-electron chi connectivity index (χ2n) is 3.67. The first-order valence-corrected chi connectivity index (χ1v) is 4.42. The summed E-state index contributed by atoms with van der Waals surface area (Å²) in [5.74, 6) is 1.24. The van der Waals surface area contributed by atoms with E-state index in [9.17, 15) is 0 Å². The molecule has 0 bridgehead atoms. The smallest absolute Gasteiger partial charge is 0.00450 e. The van der Waals surface area contributed by atoms with Crippen LogP contribution in [0.5, 0.6) is 0 Å². The van der Waals surface area contributed by atoms with Crippen LogP contribution >= 0.6 is 0 Å². The molecular formula is C8H19N3. The van der Waals surface area contributed by atoms with Gasteiger partial charge in [0.25, 0.3) is 0 Å². The van der Waals surface area contributed by atoms with E-state index in [1.54, 1.807) is 0 Å². The highest BCUT2D eigenvalue weighted by atomic mass is 14.7. The number of nitrogens with two attached hydrogens (primary N) is 3. The average Bonchev–Trinajstić information content (AvgIpc) is 2.03. The summed E-state index contributed by atoms with van der Waals surface area (Å²) in [5, 5.41) is 0. The number of hydrogen-bond acceptors (Lipinski definition) is 3. The van der Waals surface area contributed by atoms with Crippen molar-refractivity contribution in [2.75, 3.05) is 13.1 Å². The van der Waals surface area contributed by atoms with Crippen LogP contribution in [0.2, 0.25) is 0 Å². The van der Waals surface area contributed by atoms with Crippen LogP contribution in [0.15, 0.2) is 0 Å². The van der Waals surface area contributed by atoms with E-state index in [0.717, 1.165) is 25.9 Å². The number of hydrogen-bond donors (Lipinski definition) is 3. The van der Waals surface area contributed by atoms with Crippen molar-refractivity contribution in [3.8, 4) is 0 Å². The minimum absolute atomic E-state index is 0.339. The normalized spacial score (nSPS) is 39.0. The van der Waals surface area contributed by atoms with E-state index in [1.807, 2.05) is 0 Å². The summed E-state index contributed by atoms with van der Waals surface area (Å²) in [5.41, 5.74) is 17.0. The van der Waals surface area contributed by atoms with Crippen LogP contribution in [0.4, 0.5) is 0 Å². The molecule has 0 aromatic rings. The van der Waals surface area contributed by atoms with Gasteiger partial charge in [0.1, 0.15) is 0 Å². The first kappa shape index (κ1) is 8.97. The monoisotopic (exact) mass is 157 g/mol. The molecule has 0 saturated heterocycles. The summed E-state index contributed by atoms with van der Waals surface area (Å²) in [6.45, 7) is 1.54. The van der Waals surface area contributed by atoms with Crippen molar-refractivity contribution in [3.05, 3.63) is 0 Å². The molecular weight excluding hydrogens is 138 g/mol. The molecule has 0 aromatic carbocycles. The molecule has 0 spiro atoms. The lowest BCUT2D eigenvalue weighted by atomic mass is 9.79. The summed E-state index contributed by atoms with van der Waals surface area (Å²) in [6, 6.07) is 0.339. The molecule has 1 aliphatic carbocycles. The Balaban J connectivity index is 2.37. The summed E-state index contributed by atoms with van der Waals surface area (Å²) in [6.07, 6.45) is 3.36. The molecule has 0 amide bonds. The lowest BCUT2D eigenvalue weighted by Crippen LogP contribution is -2.38. The van der Waals surface area contributed by atoms with Gasteiger partial charge in [0.2, 0.25) is 0 Å². The molecule has 0 aromatic heterocycles. The van der Waals surface area contributed by atoms with Gasteiger partial charge < -0.3 is 17.2 Å². The molecule has 1 saturated carbocycles. The Labute approximate surface area is 68.3 Å². The molecule has 66 valence electrons. The van der Waals surface area contributed by atoms with Gasteiger partial charge >= 0.3 is 0 Å². The summed E-state index contributed by atoms with van der Waals surface area (Å²) in [4.78, 5) is 0. The molecule has 6 N–H and O–H groups in total. The SMILES string of the molecule is NCC1CC(N)CC(CN)C1. The van der Waals surface area contributed by atoms with Gasteiger partial charge in [-0.1, -0.05) is 0 Å². The van der Waals surface area contributed by atoms with Crippen LogP contribution in [0.1, 0.15) is 19.3 Å². The summed E-state index contributed by atoms with van der Waals surface area (Å²) >= 11 is 0. The Bertz CT molecular complexity index is 104. The van der Waals surface area contributed by atoms with Crippen LogP contribution in [-0.4, -0.2) is 19.1 Å². The Morgan fingerprint density at radius 2 is 1.36 bits per heavy atom. The molecule has 3 nitrogen and oxygen atoms in total. The van der Waals surface area contributed by atoms with Crippen LogP contribution in [0, 0.1) is 11.8 Å². The second kappa shape index (κ2) is 4.04. The lowest BCUT2D eigenvalue weighted by molar-refractivity contribution is 0.249. The average molecular weight is 157 g/mol. The predicted octanol–water partition coefficient (Wildman–Crippen LogP) is -0.353. The van der Waals surface area contributed by atoms with E-state index in [2.05, 4.69) is 0 Å². The van der Waals surface area contributed by atoms with Crippen LogP contribution in [0.3, 0.4) is 0 Å². The van der Waals surface area contributed by atoms with E-state index >= 15 is 0 Å². The third kappa shape index (κ3) is 2.43. The minimum atomic E-state index is 0.339. The van der Waals surface area contributed by atoms with Crippen molar-refractivity contribution in [1.29, 1.82) is 0 Å². The zero-order chi connectivity index (χ0) is 8.27. The van der Waals surface area contributed by atoms with Gasteiger partial charge in [-0.25, -0.2) is 0 Å². The maximum atomic E-state index is 5.86. The molecule has 0 radical (unpaired) electrons. The van der Waals surface area contributed by atoms with E-state index in [-0.39, 0.29) is 0 Å². The highest BCUT2D eigenvalue weighted by molar-refractivity contribution is 4.81. The van der Waals surface area contributed by atoms with Crippen LogP contribution in [0.25, 0.3) is 0 Å². The van der Waals surface area contributed by atoms with E-state index < -0.39 is 0 Å². The molecule has 0 aliphatic heterocycles. The summed E-state index contributed by atoms with van der Waals surface area (Å²) < 4.78 is 0. The molecule has 0 heterocycles. The molecule has 1 fully saturated rings. The van der Waals surface area contributed by atoms with Gasteiger partial charge in [-0.05, 0) is 44.2 Å². The van der Waals surface area contributed by atoms with E-state index in [4.69, 9.17) is 17.2 Å². The third-order valence-corrected chi connectivity index (χ3v) is 2.61. The fourth-order valence-electron chi connectivity index (χ4n) is 2.00. The lowest BCUT2D eigenvalue weighted by Gasteiger charge is -2.31. The molecule has 1 rings (SSSR count). The molecule has 1 aliphatic rings. The highest BCUT2D eigenvalue weighted by Gasteiger charge is 2.24. The first-order valence-electron chi connectivity index (χ1n) is 4.42. The van der Waals surface area contributed by atoms with Gasteiger partial charge in [0.15, 0.2) is 0 Å².